The molecule has 14 nitrogen and oxygen atoms in total. The molecule has 5 N–H and O–H groups in total. The predicted molar refractivity (Wildman–Crippen MR) is 171 cm³/mol. The van der Waals surface area contributed by atoms with Gasteiger partial charge >= 0.3 is 12.2 Å². The average Bonchev–Trinajstić information content (AvgIpc) is 3.36. The zero-order valence-electron chi connectivity index (χ0n) is 26.6. The number of aldehydes is 1. The Morgan fingerprint density at radius 2 is 1.48 bits per heavy atom. The van der Waals surface area contributed by atoms with E-state index in [2.05, 4.69) is 38.7 Å². The third-order valence-corrected chi connectivity index (χ3v) is 4.60. The van der Waals surface area contributed by atoms with Gasteiger partial charge in [0.05, 0.1) is 25.4 Å². The molecule has 0 aliphatic heterocycles. The molecule has 3 heterocycles. The van der Waals surface area contributed by atoms with E-state index >= 15 is 0 Å². The molecular formula is C29H45BN8O6. The van der Waals surface area contributed by atoms with Gasteiger partial charge in [-0.15, -0.1) is 0 Å². The van der Waals surface area contributed by atoms with Crippen LogP contribution in [-0.2, 0) is 25.6 Å². The molecule has 0 fully saturated rings. The van der Waals surface area contributed by atoms with Crippen LogP contribution in [-0.4, -0.2) is 76.5 Å². The second-order valence-corrected chi connectivity index (χ2v) is 10.7. The molecule has 0 bridgehead atoms. The Bertz CT molecular complexity index is 1270. The molecule has 0 spiro atoms. The number of pyridine rings is 2. The number of aromatic nitrogens is 4. The molecule has 15 heteroatoms. The minimum Gasteiger partial charge on any atom is -0.444 e. The van der Waals surface area contributed by atoms with Crippen LogP contribution in [0.25, 0.3) is 11.2 Å². The molecule has 3 aromatic heterocycles. The summed E-state index contributed by atoms with van der Waals surface area (Å²) in [6, 6.07) is 7.24. The standard InChI is InChI=1S/C14H20N4O2.C8H15NO3.C6H7N3O.CH3B/c1-14(2,3)20-13(19)16-8-5-9-18-10-17-12-11(18)6-4-7-15-12;1-8(2,3)12-7(11)9-5-4-6-10;7-5-2-1-3-8-6(5)9-4-10;1-2/h4,6-7,10H,5,8-9H2,1-3H3,(H,16,19);6H,4-5H2,1-3H3,(H,9,11);1-4H,7H2,(H,8,9,10);1H3. The van der Waals surface area contributed by atoms with Gasteiger partial charge in [-0.25, -0.2) is 24.5 Å². The molecular weight excluding hydrogens is 567 g/mol. The highest BCUT2D eigenvalue weighted by Crippen LogP contribution is 2.11. The summed E-state index contributed by atoms with van der Waals surface area (Å²) >= 11 is 0. The van der Waals surface area contributed by atoms with Crippen LogP contribution in [0.1, 0.15) is 54.4 Å². The number of nitrogens with one attached hydrogen (secondary N) is 3. The molecule has 0 unspecified atom stereocenters. The van der Waals surface area contributed by atoms with E-state index < -0.39 is 17.3 Å². The van der Waals surface area contributed by atoms with Crippen molar-refractivity contribution >= 4 is 55.4 Å². The molecule has 0 aliphatic rings. The molecule has 0 aliphatic carbocycles. The number of hydrogen-bond acceptors (Lipinski definition) is 10. The number of aryl methyl sites for hydroxylation is 1. The lowest BCUT2D eigenvalue weighted by Gasteiger charge is -2.19. The normalized spacial score (nSPS) is 10.2. The number of alkyl carbamates (subject to hydrolysis) is 2. The Kier molecular flexibility index (Phi) is 18.8. The molecule has 3 aromatic rings. The number of rotatable bonds is 9. The van der Waals surface area contributed by atoms with E-state index in [1.54, 1.807) is 51.6 Å². The summed E-state index contributed by atoms with van der Waals surface area (Å²) in [5.41, 5.74) is 6.69. The van der Waals surface area contributed by atoms with Gasteiger partial charge < -0.3 is 40.5 Å². The zero-order valence-corrected chi connectivity index (χ0v) is 26.6. The summed E-state index contributed by atoms with van der Waals surface area (Å²) < 4.78 is 12.1. The van der Waals surface area contributed by atoms with Crippen molar-refractivity contribution in [1.29, 1.82) is 0 Å². The van der Waals surface area contributed by atoms with Crippen LogP contribution < -0.4 is 21.7 Å². The Morgan fingerprint density at radius 1 is 0.909 bits per heavy atom. The summed E-state index contributed by atoms with van der Waals surface area (Å²) in [6.45, 7) is 14.1. The molecule has 0 atom stereocenters. The van der Waals surface area contributed by atoms with Gasteiger partial charge in [0.1, 0.15) is 17.5 Å². The van der Waals surface area contributed by atoms with E-state index in [0.29, 0.717) is 37.4 Å². The van der Waals surface area contributed by atoms with Gasteiger partial charge in [-0.05, 0) is 72.2 Å². The predicted octanol–water partition coefficient (Wildman–Crippen LogP) is 3.88. The second kappa shape index (κ2) is 21.1. The molecule has 0 saturated heterocycles. The lowest BCUT2D eigenvalue weighted by molar-refractivity contribution is -0.108. The highest BCUT2D eigenvalue weighted by molar-refractivity contribution is 6.05. The summed E-state index contributed by atoms with van der Waals surface area (Å²) in [5, 5.41) is 7.55. The molecule has 0 saturated carbocycles. The second-order valence-electron chi connectivity index (χ2n) is 10.7. The van der Waals surface area contributed by atoms with Crippen molar-refractivity contribution in [2.45, 2.75) is 79.0 Å². The van der Waals surface area contributed by atoms with Gasteiger partial charge in [0, 0.05) is 38.4 Å². The quantitative estimate of drug-likeness (QED) is 0.157. The van der Waals surface area contributed by atoms with Gasteiger partial charge in [0.15, 0.2) is 11.5 Å². The van der Waals surface area contributed by atoms with E-state index in [0.717, 1.165) is 30.4 Å². The number of anilines is 2. The fraction of sp³-hybridized carbons (Fsp3) is 0.483. The van der Waals surface area contributed by atoms with Crippen molar-refractivity contribution in [3.8, 4) is 0 Å². The largest absolute Gasteiger partial charge is 0.444 e. The van der Waals surface area contributed by atoms with Crippen LogP contribution in [0.15, 0.2) is 43.0 Å². The van der Waals surface area contributed by atoms with Crippen molar-refractivity contribution in [1.82, 2.24) is 30.2 Å². The van der Waals surface area contributed by atoms with Gasteiger partial charge in [-0.3, -0.25) is 4.79 Å². The number of hydrogen-bond donors (Lipinski definition) is 4. The maximum Gasteiger partial charge on any atom is 0.407 e. The smallest absolute Gasteiger partial charge is 0.407 e. The maximum absolute atomic E-state index is 11.5. The van der Waals surface area contributed by atoms with E-state index in [-0.39, 0.29) is 6.09 Å². The molecule has 3 rings (SSSR count). The topological polar surface area (TPSA) is 192 Å². The Hall–Kier alpha value is -4.69. The van der Waals surface area contributed by atoms with Crippen molar-refractivity contribution in [3.05, 3.63) is 43.0 Å². The number of nitrogens with two attached hydrogens (primary N) is 1. The fourth-order valence-electron chi connectivity index (χ4n) is 2.97. The first-order valence-corrected chi connectivity index (χ1v) is 13.9. The number of fused-ring (bicyclic) bond motifs is 1. The minimum atomic E-state index is -0.482. The molecule has 240 valence electrons. The highest BCUT2D eigenvalue weighted by atomic mass is 16.6. The van der Waals surface area contributed by atoms with E-state index in [1.807, 2.05) is 37.5 Å². The van der Waals surface area contributed by atoms with Gasteiger partial charge in [0.2, 0.25) is 6.41 Å². The number of ether oxygens (including phenoxy) is 2. The first-order valence-electron chi connectivity index (χ1n) is 13.9. The van der Waals surface area contributed by atoms with E-state index in [1.165, 1.54) is 6.82 Å². The third-order valence-electron chi connectivity index (χ3n) is 4.60. The summed E-state index contributed by atoms with van der Waals surface area (Å²) in [4.78, 5) is 54.4. The van der Waals surface area contributed by atoms with Crippen LogP contribution in [0.5, 0.6) is 0 Å². The SMILES string of the molecule is CC(C)(C)OC(=O)NCCC=O.CC(C)(C)OC(=O)NCCCn1cnc2ncccc21.Nc1cccnc1NC=O.[B]C. The van der Waals surface area contributed by atoms with Gasteiger partial charge in [0.25, 0.3) is 0 Å². The molecule has 44 heavy (non-hydrogen) atoms. The van der Waals surface area contributed by atoms with Gasteiger partial charge in [-0.1, -0.05) is 6.82 Å². The number of carbonyl (C=O) groups is 4. The monoisotopic (exact) mass is 612 g/mol. The molecule has 2 radical (unpaired) electrons. The van der Waals surface area contributed by atoms with Crippen molar-refractivity contribution < 1.29 is 28.7 Å². The first kappa shape index (κ1) is 39.3. The van der Waals surface area contributed by atoms with Crippen LogP contribution in [0, 0.1) is 0 Å². The van der Waals surface area contributed by atoms with Crippen LogP contribution in [0.3, 0.4) is 0 Å². The number of amides is 3. The fourth-order valence-corrected chi connectivity index (χ4v) is 2.97. The molecule has 0 aromatic carbocycles. The van der Waals surface area contributed by atoms with Gasteiger partial charge in [-0.2, -0.15) is 0 Å². The number of nitrogens with zero attached hydrogens (tertiary/aromatic N) is 4. The van der Waals surface area contributed by atoms with E-state index in [9.17, 15) is 19.2 Å². The zero-order chi connectivity index (χ0) is 33.6. The summed E-state index contributed by atoms with van der Waals surface area (Å²) in [5.74, 6) is 0.400. The number of carbonyl (C=O) groups excluding carboxylic acids is 4. The maximum atomic E-state index is 11.5. The lowest BCUT2D eigenvalue weighted by Crippen LogP contribution is -2.33. The first-order chi connectivity index (χ1) is 20.8. The Morgan fingerprint density at radius 3 is 2.02 bits per heavy atom. The van der Waals surface area contributed by atoms with Crippen LogP contribution in [0.2, 0.25) is 6.82 Å². The Balaban J connectivity index is 0.000000661. The summed E-state index contributed by atoms with van der Waals surface area (Å²) in [6.07, 6.45) is 6.60. The Labute approximate surface area is 260 Å². The number of imidazole rings is 1. The minimum absolute atomic E-state index is 0.319. The summed E-state index contributed by atoms with van der Waals surface area (Å²) in [7, 11) is 4.50. The number of nitrogen functional groups attached to an aromatic ring is 1. The van der Waals surface area contributed by atoms with Crippen molar-refractivity contribution in [3.63, 3.8) is 0 Å². The van der Waals surface area contributed by atoms with Crippen molar-refractivity contribution in [2.75, 3.05) is 24.1 Å². The average molecular weight is 613 g/mol. The van der Waals surface area contributed by atoms with E-state index in [4.69, 9.17) is 15.2 Å². The van der Waals surface area contributed by atoms with Crippen molar-refractivity contribution in [2.24, 2.45) is 0 Å². The highest BCUT2D eigenvalue weighted by Gasteiger charge is 2.16. The molecule has 3 amide bonds. The third kappa shape index (κ3) is 18.7. The lowest BCUT2D eigenvalue weighted by atomic mass is 10.2. The van der Waals surface area contributed by atoms with Crippen LogP contribution in [0.4, 0.5) is 21.1 Å². The van der Waals surface area contributed by atoms with Crippen LogP contribution >= 0.6 is 0 Å².